The van der Waals surface area contributed by atoms with E-state index >= 15 is 0 Å². The number of halogens is 3. The lowest BCUT2D eigenvalue weighted by Crippen LogP contribution is -2.26. The zero-order chi connectivity index (χ0) is 12.7. The Hall–Kier alpha value is -1.32. The van der Waals surface area contributed by atoms with Crippen LogP contribution >= 0.6 is 0 Å². The fourth-order valence-electron chi connectivity index (χ4n) is 2.35. The minimum atomic E-state index is -4.32. The highest BCUT2D eigenvalue weighted by Gasteiger charge is 2.39. The first kappa shape index (κ1) is 12.1. The van der Waals surface area contributed by atoms with Crippen molar-refractivity contribution in [1.82, 2.24) is 0 Å². The molecule has 1 saturated carbocycles. The SMILES string of the molecule is CC1(c2ccc(C(F)(F)F)cc2)CCCC1=O. The van der Waals surface area contributed by atoms with Gasteiger partial charge in [-0.25, -0.2) is 0 Å². The Morgan fingerprint density at radius 3 is 2.18 bits per heavy atom. The molecule has 92 valence electrons. The number of ketones is 1. The number of benzene rings is 1. The predicted octanol–water partition coefficient (Wildman–Crippen LogP) is 3.72. The number of carbonyl (C=O) groups is 1. The van der Waals surface area contributed by atoms with Crippen molar-refractivity contribution in [2.75, 3.05) is 0 Å². The number of Topliss-reactive ketones (excluding diaryl/α,β-unsaturated/α-hetero) is 1. The van der Waals surface area contributed by atoms with E-state index in [0.29, 0.717) is 12.0 Å². The van der Waals surface area contributed by atoms with E-state index in [4.69, 9.17) is 0 Å². The van der Waals surface area contributed by atoms with E-state index in [9.17, 15) is 18.0 Å². The molecule has 1 aromatic rings. The summed E-state index contributed by atoms with van der Waals surface area (Å²) in [5, 5.41) is 0. The second kappa shape index (κ2) is 3.86. The quantitative estimate of drug-likeness (QED) is 0.733. The fraction of sp³-hybridized carbons (Fsp3) is 0.462. The molecule has 0 aliphatic heterocycles. The molecule has 17 heavy (non-hydrogen) atoms. The van der Waals surface area contributed by atoms with Gasteiger partial charge < -0.3 is 0 Å². The summed E-state index contributed by atoms with van der Waals surface area (Å²) in [4.78, 5) is 11.8. The van der Waals surface area contributed by atoms with Gasteiger partial charge in [0.15, 0.2) is 0 Å². The first-order chi connectivity index (χ1) is 7.84. The Kier molecular flexibility index (Phi) is 2.76. The van der Waals surface area contributed by atoms with Crippen LogP contribution in [0.3, 0.4) is 0 Å². The lowest BCUT2D eigenvalue weighted by molar-refractivity contribution is -0.137. The molecule has 4 heteroatoms. The number of hydrogen-bond acceptors (Lipinski definition) is 1. The molecule has 0 radical (unpaired) electrons. The van der Waals surface area contributed by atoms with Gasteiger partial charge in [-0.2, -0.15) is 13.2 Å². The zero-order valence-electron chi connectivity index (χ0n) is 9.47. The van der Waals surface area contributed by atoms with Crippen LogP contribution in [-0.2, 0) is 16.4 Å². The molecular weight excluding hydrogens is 229 g/mol. The van der Waals surface area contributed by atoms with Crippen molar-refractivity contribution >= 4 is 5.78 Å². The van der Waals surface area contributed by atoms with Gasteiger partial charge in [0.25, 0.3) is 0 Å². The van der Waals surface area contributed by atoms with Crippen LogP contribution in [-0.4, -0.2) is 5.78 Å². The summed E-state index contributed by atoms with van der Waals surface area (Å²) in [5.41, 5.74) is -0.576. The lowest BCUT2D eigenvalue weighted by atomic mass is 9.80. The third kappa shape index (κ3) is 2.08. The molecule has 1 unspecified atom stereocenters. The molecular formula is C13H13F3O. The number of carbonyl (C=O) groups excluding carboxylic acids is 1. The van der Waals surface area contributed by atoms with Gasteiger partial charge in [0, 0.05) is 6.42 Å². The Morgan fingerprint density at radius 2 is 1.76 bits per heavy atom. The van der Waals surface area contributed by atoms with E-state index in [2.05, 4.69) is 0 Å². The van der Waals surface area contributed by atoms with Crippen LogP contribution in [0.4, 0.5) is 13.2 Å². The van der Waals surface area contributed by atoms with E-state index in [-0.39, 0.29) is 5.78 Å². The van der Waals surface area contributed by atoms with Crippen molar-refractivity contribution in [2.45, 2.75) is 37.8 Å². The molecule has 0 heterocycles. The number of rotatable bonds is 1. The van der Waals surface area contributed by atoms with Gasteiger partial charge in [0.05, 0.1) is 11.0 Å². The largest absolute Gasteiger partial charge is 0.416 e. The van der Waals surface area contributed by atoms with Gasteiger partial charge in [0.2, 0.25) is 0 Å². The summed E-state index contributed by atoms with van der Waals surface area (Å²) in [5.74, 6) is 0.122. The third-order valence-electron chi connectivity index (χ3n) is 3.55. The summed E-state index contributed by atoms with van der Waals surface area (Å²) < 4.78 is 37.2. The molecule has 1 aromatic carbocycles. The van der Waals surface area contributed by atoms with Gasteiger partial charge in [-0.1, -0.05) is 12.1 Å². The molecule has 0 aromatic heterocycles. The Balaban J connectivity index is 2.33. The van der Waals surface area contributed by atoms with Crippen LogP contribution in [0.15, 0.2) is 24.3 Å². The minimum absolute atomic E-state index is 0.122. The molecule has 1 fully saturated rings. The molecule has 1 nitrogen and oxygen atoms in total. The average Bonchev–Trinajstić information content (AvgIpc) is 2.60. The molecule has 1 aliphatic rings. The normalized spacial score (nSPS) is 25.3. The van der Waals surface area contributed by atoms with Gasteiger partial charge in [-0.15, -0.1) is 0 Å². The molecule has 0 amide bonds. The molecule has 1 atom stereocenters. The predicted molar refractivity (Wildman–Crippen MR) is 57.7 cm³/mol. The van der Waals surface area contributed by atoms with Crippen LogP contribution in [0.5, 0.6) is 0 Å². The number of hydrogen-bond donors (Lipinski definition) is 0. The molecule has 1 aliphatic carbocycles. The maximum absolute atomic E-state index is 12.4. The Morgan fingerprint density at radius 1 is 1.18 bits per heavy atom. The highest BCUT2D eigenvalue weighted by atomic mass is 19.4. The first-order valence-electron chi connectivity index (χ1n) is 5.55. The summed E-state index contributed by atoms with van der Waals surface area (Å²) in [6.45, 7) is 1.81. The molecule has 2 rings (SSSR count). The zero-order valence-corrected chi connectivity index (χ0v) is 9.47. The standard InChI is InChI=1S/C13H13F3O/c1-12(8-2-3-11(12)17)9-4-6-10(7-5-9)13(14,15)16/h4-7H,2-3,8H2,1H3. The van der Waals surface area contributed by atoms with Crippen LogP contribution in [0.2, 0.25) is 0 Å². The monoisotopic (exact) mass is 242 g/mol. The van der Waals surface area contributed by atoms with Crippen molar-refractivity contribution in [3.63, 3.8) is 0 Å². The van der Waals surface area contributed by atoms with Gasteiger partial charge in [0.1, 0.15) is 5.78 Å². The lowest BCUT2D eigenvalue weighted by Gasteiger charge is -2.22. The van der Waals surface area contributed by atoms with E-state index < -0.39 is 17.2 Å². The summed E-state index contributed by atoms with van der Waals surface area (Å²) in [6.07, 6.45) is -2.26. The second-order valence-corrected chi connectivity index (χ2v) is 4.68. The summed E-state index contributed by atoms with van der Waals surface area (Å²) >= 11 is 0. The average molecular weight is 242 g/mol. The van der Waals surface area contributed by atoms with E-state index in [0.717, 1.165) is 25.0 Å². The Bertz CT molecular complexity index is 433. The van der Waals surface area contributed by atoms with Crippen molar-refractivity contribution in [3.8, 4) is 0 Å². The van der Waals surface area contributed by atoms with Crippen molar-refractivity contribution in [1.29, 1.82) is 0 Å². The maximum Gasteiger partial charge on any atom is 0.416 e. The summed E-state index contributed by atoms with van der Waals surface area (Å²) in [7, 11) is 0. The van der Waals surface area contributed by atoms with Crippen LogP contribution < -0.4 is 0 Å². The third-order valence-corrected chi connectivity index (χ3v) is 3.55. The second-order valence-electron chi connectivity index (χ2n) is 4.68. The Labute approximate surface area is 97.6 Å². The van der Waals surface area contributed by atoms with Gasteiger partial charge in [-0.05, 0) is 37.5 Å². The van der Waals surface area contributed by atoms with Crippen molar-refractivity contribution in [2.24, 2.45) is 0 Å². The molecule has 0 bridgehead atoms. The first-order valence-corrected chi connectivity index (χ1v) is 5.55. The maximum atomic E-state index is 12.4. The smallest absolute Gasteiger partial charge is 0.299 e. The molecule has 0 spiro atoms. The van der Waals surface area contributed by atoms with E-state index in [1.165, 1.54) is 12.1 Å². The van der Waals surface area contributed by atoms with Crippen LogP contribution in [0, 0.1) is 0 Å². The number of alkyl halides is 3. The van der Waals surface area contributed by atoms with Crippen LogP contribution in [0.25, 0.3) is 0 Å². The van der Waals surface area contributed by atoms with E-state index in [1.807, 2.05) is 6.92 Å². The topological polar surface area (TPSA) is 17.1 Å². The summed E-state index contributed by atoms with van der Waals surface area (Å²) in [6, 6.07) is 4.94. The van der Waals surface area contributed by atoms with Gasteiger partial charge >= 0.3 is 6.18 Å². The molecule has 0 saturated heterocycles. The highest BCUT2D eigenvalue weighted by Crippen LogP contribution is 2.39. The van der Waals surface area contributed by atoms with Crippen molar-refractivity contribution < 1.29 is 18.0 Å². The van der Waals surface area contributed by atoms with Crippen molar-refractivity contribution in [3.05, 3.63) is 35.4 Å². The fourth-order valence-corrected chi connectivity index (χ4v) is 2.35. The highest BCUT2D eigenvalue weighted by molar-refractivity contribution is 5.91. The van der Waals surface area contributed by atoms with Crippen LogP contribution in [0.1, 0.15) is 37.3 Å². The van der Waals surface area contributed by atoms with E-state index in [1.54, 1.807) is 0 Å². The molecule has 0 N–H and O–H groups in total. The minimum Gasteiger partial charge on any atom is -0.299 e. The van der Waals surface area contributed by atoms with Gasteiger partial charge in [-0.3, -0.25) is 4.79 Å².